The lowest BCUT2D eigenvalue weighted by molar-refractivity contribution is 0.102. The number of piperidine rings is 1. The molecule has 2 heterocycles. The third-order valence-corrected chi connectivity index (χ3v) is 4.77. The van der Waals surface area contributed by atoms with Crippen molar-refractivity contribution in [2.24, 2.45) is 5.92 Å². The van der Waals surface area contributed by atoms with Crippen molar-refractivity contribution in [2.45, 2.75) is 33.6 Å². The molecule has 1 N–H and O–H groups in total. The summed E-state index contributed by atoms with van der Waals surface area (Å²) in [5, 5.41) is 2.98. The van der Waals surface area contributed by atoms with E-state index in [4.69, 9.17) is 0 Å². The zero-order valence-electron chi connectivity index (χ0n) is 14.7. The predicted octanol–water partition coefficient (Wildman–Crippen LogP) is 4.19. The molecule has 1 aromatic carbocycles. The molecule has 0 saturated carbocycles. The first-order valence-corrected chi connectivity index (χ1v) is 8.62. The van der Waals surface area contributed by atoms with Gasteiger partial charge in [0.25, 0.3) is 5.91 Å². The molecule has 4 nitrogen and oxygen atoms in total. The van der Waals surface area contributed by atoms with Crippen molar-refractivity contribution in [1.29, 1.82) is 0 Å². The molecule has 1 saturated heterocycles. The molecule has 0 bridgehead atoms. The summed E-state index contributed by atoms with van der Waals surface area (Å²) in [5.74, 6) is 0.631. The highest BCUT2D eigenvalue weighted by Crippen LogP contribution is 2.23. The van der Waals surface area contributed by atoms with Crippen LogP contribution in [0, 0.1) is 19.8 Å². The summed E-state index contributed by atoms with van der Waals surface area (Å²) in [6.45, 7) is 8.40. The van der Waals surface area contributed by atoms with Gasteiger partial charge in [0.05, 0.1) is 0 Å². The monoisotopic (exact) mass is 323 g/mol. The molecular formula is C20H25N3O. The number of hydrogen-bond donors (Lipinski definition) is 1. The molecule has 0 radical (unpaired) electrons. The number of nitrogens with zero attached hydrogens (tertiary/aromatic N) is 2. The quantitative estimate of drug-likeness (QED) is 0.921. The van der Waals surface area contributed by atoms with Crippen molar-refractivity contribution in [3.05, 3.63) is 53.3 Å². The zero-order chi connectivity index (χ0) is 17.1. The Hall–Kier alpha value is -2.36. The largest absolute Gasteiger partial charge is 0.371 e. The van der Waals surface area contributed by atoms with Crippen molar-refractivity contribution in [3.8, 4) is 0 Å². The van der Waals surface area contributed by atoms with Gasteiger partial charge in [0.2, 0.25) is 0 Å². The average Bonchev–Trinajstić information content (AvgIpc) is 2.59. The van der Waals surface area contributed by atoms with Crippen molar-refractivity contribution >= 4 is 17.3 Å². The molecule has 0 atom stereocenters. The van der Waals surface area contributed by atoms with Gasteiger partial charge in [-0.3, -0.25) is 9.78 Å². The minimum absolute atomic E-state index is 0.157. The SMILES string of the molecule is Cc1ccc(C)c(NC(=O)c2cc(N3CCC(C)CC3)ccn2)c1. The topological polar surface area (TPSA) is 45.2 Å². The Morgan fingerprint density at radius 1 is 1.17 bits per heavy atom. The van der Waals surface area contributed by atoms with Crippen LogP contribution in [0.2, 0.25) is 0 Å². The Labute approximate surface area is 143 Å². The molecule has 0 spiro atoms. The van der Waals surface area contributed by atoms with E-state index >= 15 is 0 Å². The van der Waals surface area contributed by atoms with Crippen LogP contribution in [0.25, 0.3) is 0 Å². The lowest BCUT2D eigenvalue weighted by Gasteiger charge is -2.32. The summed E-state index contributed by atoms with van der Waals surface area (Å²) in [6, 6.07) is 9.94. The number of nitrogens with one attached hydrogen (secondary N) is 1. The maximum absolute atomic E-state index is 12.6. The maximum atomic E-state index is 12.6. The fourth-order valence-electron chi connectivity index (χ4n) is 3.06. The van der Waals surface area contributed by atoms with Crippen LogP contribution >= 0.6 is 0 Å². The predicted molar refractivity (Wildman–Crippen MR) is 98.7 cm³/mol. The van der Waals surface area contributed by atoms with Gasteiger partial charge in [-0.05, 0) is 61.9 Å². The number of benzene rings is 1. The van der Waals surface area contributed by atoms with Gasteiger partial charge in [0, 0.05) is 30.7 Å². The minimum Gasteiger partial charge on any atom is -0.371 e. The van der Waals surface area contributed by atoms with Crippen LogP contribution in [0.15, 0.2) is 36.5 Å². The van der Waals surface area contributed by atoms with E-state index in [1.165, 1.54) is 12.8 Å². The summed E-state index contributed by atoms with van der Waals surface area (Å²) < 4.78 is 0. The number of pyridine rings is 1. The first kappa shape index (κ1) is 16.5. The lowest BCUT2D eigenvalue weighted by Crippen LogP contribution is -2.33. The third-order valence-electron chi connectivity index (χ3n) is 4.77. The number of amides is 1. The van der Waals surface area contributed by atoms with Gasteiger partial charge in [-0.1, -0.05) is 19.1 Å². The Kier molecular flexibility index (Phi) is 4.84. The second kappa shape index (κ2) is 7.04. The number of aryl methyl sites for hydroxylation is 2. The molecule has 1 aliphatic heterocycles. The molecule has 24 heavy (non-hydrogen) atoms. The van der Waals surface area contributed by atoms with E-state index in [0.29, 0.717) is 5.69 Å². The van der Waals surface area contributed by atoms with Gasteiger partial charge in [-0.2, -0.15) is 0 Å². The Morgan fingerprint density at radius 2 is 1.92 bits per heavy atom. The van der Waals surface area contributed by atoms with Crippen molar-refractivity contribution < 1.29 is 4.79 Å². The highest BCUT2D eigenvalue weighted by atomic mass is 16.1. The molecule has 1 fully saturated rings. The van der Waals surface area contributed by atoms with Gasteiger partial charge in [0.15, 0.2) is 0 Å². The van der Waals surface area contributed by atoms with E-state index in [2.05, 4.69) is 22.1 Å². The molecule has 126 valence electrons. The summed E-state index contributed by atoms with van der Waals surface area (Å²) in [7, 11) is 0. The smallest absolute Gasteiger partial charge is 0.274 e. The minimum atomic E-state index is -0.157. The summed E-state index contributed by atoms with van der Waals surface area (Å²) >= 11 is 0. The van der Waals surface area contributed by atoms with Gasteiger partial charge >= 0.3 is 0 Å². The standard InChI is InChI=1S/C20H25N3O/c1-14-7-10-23(11-8-14)17-6-9-21-19(13-17)20(24)22-18-12-15(2)4-5-16(18)3/h4-6,9,12-14H,7-8,10-11H2,1-3H3,(H,22,24). The maximum Gasteiger partial charge on any atom is 0.274 e. The van der Waals surface area contributed by atoms with Crippen LogP contribution in [-0.2, 0) is 0 Å². The third kappa shape index (κ3) is 3.75. The highest BCUT2D eigenvalue weighted by molar-refractivity contribution is 6.03. The summed E-state index contributed by atoms with van der Waals surface area (Å²) in [4.78, 5) is 19.2. The molecule has 1 aliphatic rings. The van der Waals surface area contributed by atoms with Crippen LogP contribution in [0.1, 0.15) is 41.4 Å². The van der Waals surface area contributed by atoms with Crippen molar-refractivity contribution in [1.82, 2.24) is 4.98 Å². The lowest BCUT2D eigenvalue weighted by atomic mass is 9.99. The molecule has 0 aliphatic carbocycles. The second-order valence-corrected chi connectivity index (χ2v) is 6.84. The van der Waals surface area contributed by atoms with E-state index in [-0.39, 0.29) is 5.91 Å². The molecular weight excluding hydrogens is 298 g/mol. The number of rotatable bonds is 3. The molecule has 3 rings (SSSR count). The molecule has 1 aromatic heterocycles. The van der Waals surface area contributed by atoms with Crippen LogP contribution in [0.5, 0.6) is 0 Å². The Morgan fingerprint density at radius 3 is 2.67 bits per heavy atom. The summed E-state index contributed by atoms with van der Waals surface area (Å²) in [6.07, 6.45) is 4.13. The number of carbonyl (C=O) groups excluding carboxylic acids is 1. The van der Waals surface area contributed by atoms with Crippen LogP contribution < -0.4 is 10.2 Å². The van der Waals surface area contributed by atoms with E-state index in [1.54, 1.807) is 6.20 Å². The average molecular weight is 323 g/mol. The zero-order valence-corrected chi connectivity index (χ0v) is 14.7. The number of anilines is 2. The van der Waals surface area contributed by atoms with E-state index in [0.717, 1.165) is 41.5 Å². The number of carbonyl (C=O) groups is 1. The fourth-order valence-corrected chi connectivity index (χ4v) is 3.06. The van der Waals surface area contributed by atoms with E-state index in [9.17, 15) is 4.79 Å². The normalized spacial score (nSPS) is 15.4. The van der Waals surface area contributed by atoms with Crippen molar-refractivity contribution in [2.75, 3.05) is 23.3 Å². The van der Waals surface area contributed by atoms with Gasteiger partial charge in [-0.25, -0.2) is 0 Å². The van der Waals surface area contributed by atoms with Gasteiger partial charge < -0.3 is 10.2 Å². The highest BCUT2D eigenvalue weighted by Gasteiger charge is 2.17. The Balaban J connectivity index is 1.76. The first-order chi connectivity index (χ1) is 11.5. The van der Waals surface area contributed by atoms with E-state index < -0.39 is 0 Å². The molecule has 0 unspecified atom stereocenters. The first-order valence-electron chi connectivity index (χ1n) is 8.62. The Bertz CT molecular complexity index is 733. The summed E-state index contributed by atoms with van der Waals surface area (Å²) in [5.41, 5.74) is 4.57. The van der Waals surface area contributed by atoms with Gasteiger partial charge in [-0.15, -0.1) is 0 Å². The molecule has 1 amide bonds. The number of aromatic nitrogens is 1. The van der Waals surface area contributed by atoms with Crippen LogP contribution in [0.4, 0.5) is 11.4 Å². The van der Waals surface area contributed by atoms with Crippen LogP contribution in [0.3, 0.4) is 0 Å². The second-order valence-electron chi connectivity index (χ2n) is 6.84. The number of hydrogen-bond acceptors (Lipinski definition) is 3. The van der Waals surface area contributed by atoms with Crippen LogP contribution in [-0.4, -0.2) is 24.0 Å². The molecule has 4 heteroatoms. The van der Waals surface area contributed by atoms with Crippen molar-refractivity contribution in [3.63, 3.8) is 0 Å². The van der Waals surface area contributed by atoms with E-state index in [1.807, 2.05) is 44.2 Å². The molecule has 2 aromatic rings. The fraction of sp³-hybridized carbons (Fsp3) is 0.400. The van der Waals surface area contributed by atoms with Gasteiger partial charge in [0.1, 0.15) is 5.69 Å².